The molecule has 0 N–H and O–H groups in total. The smallest absolute Gasteiger partial charge is 0.0324 e. The molecule has 0 radical (unpaired) electrons. The van der Waals surface area contributed by atoms with E-state index in [0.29, 0.717) is 5.41 Å². The summed E-state index contributed by atoms with van der Waals surface area (Å²) in [7, 11) is 8.41. The number of hydrogen-bond acceptors (Lipinski definition) is 2. The van der Waals surface area contributed by atoms with E-state index in [1.807, 2.05) is 16.8 Å². The Morgan fingerprint density at radius 3 is 2.79 bits per heavy atom. The van der Waals surface area contributed by atoms with Gasteiger partial charge in [0.2, 0.25) is 0 Å². The third-order valence-corrected chi connectivity index (χ3v) is 4.92. The minimum absolute atomic E-state index is 0.291. The summed E-state index contributed by atoms with van der Waals surface area (Å²) in [5, 5.41) is 1.31. The summed E-state index contributed by atoms with van der Waals surface area (Å²) < 4.78 is 2.03. The molecule has 3 heterocycles. The summed E-state index contributed by atoms with van der Waals surface area (Å²) >= 11 is 0. The van der Waals surface area contributed by atoms with Crippen LogP contribution in [-0.4, -0.2) is 21.0 Å². The van der Waals surface area contributed by atoms with Gasteiger partial charge in [0.05, 0.1) is 0 Å². The molecule has 0 unspecified atom stereocenters. The van der Waals surface area contributed by atoms with Crippen LogP contribution < -0.4 is 0 Å². The Kier molecular flexibility index (Phi) is 2.25. The van der Waals surface area contributed by atoms with Gasteiger partial charge in [0.15, 0.2) is 0 Å². The second-order valence-electron chi connectivity index (χ2n) is 6.10. The van der Waals surface area contributed by atoms with E-state index in [1.54, 1.807) is 0 Å². The zero-order chi connectivity index (χ0) is 13.0. The first-order chi connectivity index (χ1) is 9.21. The van der Waals surface area contributed by atoms with Crippen LogP contribution in [0.15, 0.2) is 18.3 Å². The zero-order valence-corrected chi connectivity index (χ0v) is 11.2. The van der Waals surface area contributed by atoms with Crippen molar-refractivity contribution < 1.29 is 0 Å². The van der Waals surface area contributed by atoms with Crippen LogP contribution in [0.2, 0.25) is 0 Å². The lowest BCUT2D eigenvalue weighted by molar-refractivity contribution is 0.232. The van der Waals surface area contributed by atoms with Gasteiger partial charge in [-0.25, -0.2) is 0 Å². The van der Waals surface area contributed by atoms with Crippen LogP contribution in [0.4, 0.5) is 0 Å². The lowest BCUT2D eigenvalue weighted by Crippen LogP contribution is -2.41. The Balaban J connectivity index is 2.06. The van der Waals surface area contributed by atoms with Gasteiger partial charge in [0.25, 0.3) is 0 Å². The summed E-state index contributed by atoms with van der Waals surface area (Å²) in [6.07, 6.45) is 7.08. The van der Waals surface area contributed by atoms with Crippen LogP contribution in [0.25, 0.3) is 11.0 Å². The Hall–Kier alpha value is -1.48. The lowest BCUT2D eigenvalue weighted by Gasteiger charge is -2.46. The lowest BCUT2D eigenvalue weighted by atomic mass is 9.75. The van der Waals surface area contributed by atoms with Crippen molar-refractivity contribution in [2.24, 2.45) is 0 Å². The predicted molar refractivity (Wildman–Crippen MR) is 76.4 cm³/mol. The average Bonchev–Trinajstić information content (AvgIpc) is 2.96. The molecule has 0 amide bonds. The number of nitrogens with zero attached hydrogens (tertiary/aromatic N) is 3. The topological polar surface area (TPSA) is 21.1 Å². The summed E-state index contributed by atoms with van der Waals surface area (Å²) in [5.74, 6) is 0. The summed E-state index contributed by atoms with van der Waals surface area (Å²) in [6, 6.07) is 4.25. The van der Waals surface area contributed by atoms with Gasteiger partial charge in [-0.1, -0.05) is 30.2 Å². The molecule has 0 atom stereocenters. The van der Waals surface area contributed by atoms with Crippen molar-refractivity contribution in [3.8, 4) is 0 Å². The fourth-order valence-corrected chi connectivity index (χ4v) is 4.22. The van der Waals surface area contributed by atoms with Crippen LogP contribution in [-0.2, 0) is 12.0 Å². The Labute approximate surface area is 114 Å². The highest BCUT2D eigenvalue weighted by molar-refractivity contribution is 5.84. The SMILES string of the molecule is [CH2-]N1Cc2c(c3cccnc3n2[CH2-])C2(CCCC2)C1. The first-order valence-corrected chi connectivity index (χ1v) is 7.06. The molecule has 1 aliphatic carbocycles. The van der Waals surface area contributed by atoms with Gasteiger partial charge in [0.1, 0.15) is 0 Å². The van der Waals surface area contributed by atoms with E-state index >= 15 is 0 Å². The van der Waals surface area contributed by atoms with Crippen LogP contribution in [0.3, 0.4) is 0 Å². The molecule has 2 aromatic heterocycles. The monoisotopic (exact) mass is 253 g/mol. The molecule has 19 heavy (non-hydrogen) atoms. The number of aromatic nitrogens is 2. The van der Waals surface area contributed by atoms with Crippen LogP contribution in [0, 0.1) is 14.1 Å². The maximum Gasteiger partial charge on any atom is 0.0324 e. The van der Waals surface area contributed by atoms with E-state index in [4.69, 9.17) is 0 Å². The molecule has 2 aliphatic rings. The van der Waals surface area contributed by atoms with Crippen molar-refractivity contribution in [1.82, 2.24) is 14.5 Å². The van der Waals surface area contributed by atoms with Gasteiger partial charge in [-0.3, -0.25) is 7.05 Å². The fourth-order valence-electron chi connectivity index (χ4n) is 4.22. The molecule has 0 saturated heterocycles. The first-order valence-electron chi connectivity index (χ1n) is 7.06. The van der Waals surface area contributed by atoms with Crippen molar-refractivity contribution in [2.75, 3.05) is 6.54 Å². The Bertz CT molecular complexity index is 635. The molecule has 1 saturated carbocycles. The largest absolute Gasteiger partial charge is 0.468 e. The summed E-state index contributed by atoms with van der Waals surface area (Å²) in [5.41, 5.74) is 4.15. The third kappa shape index (κ3) is 1.42. The van der Waals surface area contributed by atoms with Crippen molar-refractivity contribution in [1.29, 1.82) is 0 Å². The quantitative estimate of drug-likeness (QED) is 0.673. The summed E-state index contributed by atoms with van der Waals surface area (Å²) in [6.45, 7) is 1.96. The minimum atomic E-state index is 0.291. The Morgan fingerprint density at radius 1 is 1.21 bits per heavy atom. The van der Waals surface area contributed by atoms with E-state index < -0.39 is 0 Å². The van der Waals surface area contributed by atoms with Gasteiger partial charge < -0.3 is 14.5 Å². The van der Waals surface area contributed by atoms with E-state index in [-0.39, 0.29) is 0 Å². The molecular formula is C16H19N3-2. The van der Waals surface area contributed by atoms with Crippen LogP contribution in [0.1, 0.15) is 36.9 Å². The molecule has 2 aromatic rings. The molecule has 1 aliphatic heterocycles. The zero-order valence-electron chi connectivity index (χ0n) is 11.2. The normalized spacial score (nSPS) is 22.2. The van der Waals surface area contributed by atoms with Crippen molar-refractivity contribution in [3.05, 3.63) is 43.7 Å². The number of rotatable bonds is 0. The first kappa shape index (κ1) is 11.4. The Morgan fingerprint density at radius 2 is 2.00 bits per heavy atom. The molecule has 0 aromatic carbocycles. The molecule has 100 valence electrons. The molecular weight excluding hydrogens is 234 g/mol. The van der Waals surface area contributed by atoms with E-state index in [0.717, 1.165) is 18.7 Å². The fraction of sp³-hybridized carbons (Fsp3) is 0.438. The highest BCUT2D eigenvalue weighted by atomic mass is 15.2. The standard InChI is InChI=1S/C16H19N3/c1-18-10-13-14(16(11-18)7-3-4-8-16)12-6-5-9-17-15(12)19(13)2/h5-6,9H,1-4,7-8,10-11H2/q-2. The van der Waals surface area contributed by atoms with Gasteiger partial charge in [-0.2, -0.15) is 0 Å². The predicted octanol–water partition coefficient (Wildman–Crippen LogP) is 3.09. The average molecular weight is 253 g/mol. The molecule has 3 heteroatoms. The van der Waals surface area contributed by atoms with Gasteiger partial charge in [0, 0.05) is 11.8 Å². The molecule has 4 rings (SSSR count). The second kappa shape index (κ2) is 3.76. The van der Waals surface area contributed by atoms with E-state index in [9.17, 15) is 0 Å². The highest BCUT2D eigenvalue weighted by Crippen LogP contribution is 2.48. The molecule has 1 spiro atoms. The maximum atomic E-state index is 4.53. The van der Waals surface area contributed by atoms with Crippen LogP contribution >= 0.6 is 0 Å². The third-order valence-electron chi connectivity index (χ3n) is 4.92. The second-order valence-corrected chi connectivity index (χ2v) is 6.10. The van der Waals surface area contributed by atoms with Gasteiger partial charge in [-0.05, 0) is 42.8 Å². The van der Waals surface area contributed by atoms with Gasteiger partial charge >= 0.3 is 0 Å². The number of hydrogen-bond donors (Lipinski definition) is 0. The van der Waals surface area contributed by atoms with Crippen molar-refractivity contribution in [2.45, 2.75) is 37.6 Å². The summed E-state index contributed by atoms with van der Waals surface area (Å²) in [4.78, 5) is 6.73. The van der Waals surface area contributed by atoms with Crippen molar-refractivity contribution >= 4 is 11.0 Å². The highest BCUT2D eigenvalue weighted by Gasteiger charge is 2.39. The molecule has 3 nitrogen and oxygen atoms in total. The van der Waals surface area contributed by atoms with Crippen LogP contribution in [0.5, 0.6) is 0 Å². The number of fused-ring (bicyclic) bond motifs is 4. The molecule has 1 fully saturated rings. The van der Waals surface area contributed by atoms with Gasteiger partial charge in [-0.15, -0.1) is 7.05 Å². The maximum absolute atomic E-state index is 4.53. The number of pyridine rings is 1. The minimum Gasteiger partial charge on any atom is -0.468 e. The van der Waals surface area contributed by atoms with Crippen molar-refractivity contribution in [3.63, 3.8) is 0 Å². The van der Waals surface area contributed by atoms with E-state index in [1.165, 1.54) is 42.3 Å². The van der Waals surface area contributed by atoms with E-state index in [2.05, 4.69) is 30.0 Å². The molecule has 0 bridgehead atoms.